The Morgan fingerprint density at radius 2 is 2.12 bits per heavy atom. The van der Waals surface area contributed by atoms with Crippen molar-refractivity contribution in [1.29, 1.82) is 0 Å². The minimum atomic E-state index is -0.504. The van der Waals surface area contributed by atoms with Gasteiger partial charge >= 0.3 is 6.09 Å². The summed E-state index contributed by atoms with van der Waals surface area (Å²) in [4.78, 5) is 13.6. The number of hydrogen-bond donors (Lipinski definition) is 1. The van der Waals surface area contributed by atoms with Gasteiger partial charge in [0.2, 0.25) is 0 Å². The third-order valence-electron chi connectivity index (χ3n) is 2.94. The summed E-state index contributed by atoms with van der Waals surface area (Å²) < 4.78 is 10.5. The molecular formula is C11H19NO4. The molecule has 5 nitrogen and oxygen atoms in total. The molecule has 92 valence electrons. The number of hydrogen-bond acceptors (Lipinski definition) is 4. The minimum absolute atomic E-state index is 0.318. The Morgan fingerprint density at radius 3 is 2.56 bits per heavy atom. The van der Waals surface area contributed by atoms with Gasteiger partial charge in [-0.3, -0.25) is 4.90 Å². The molecule has 0 aliphatic carbocycles. The molecule has 2 saturated heterocycles. The molecule has 1 atom stereocenters. The van der Waals surface area contributed by atoms with Crippen molar-refractivity contribution in [1.82, 2.24) is 4.90 Å². The molecule has 0 aromatic rings. The number of carbonyl (C=O) groups is 1. The summed E-state index contributed by atoms with van der Waals surface area (Å²) in [5.41, 5.74) is -0.821. The van der Waals surface area contributed by atoms with E-state index >= 15 is 0 Å². The van der Waals surface area contributed by atoms with Crippen LogP contribution in [0.5, 0.6) is 0 Å². The lowest BCUT2D eigenvalue weighted by Crippen LogP contribution is -2.61. The number of amides is 1. The maximum Gasteiger partial charge on any atom is 0.411 e. The molecule has 5 heteroatoms. The maximum absolute atomic E-state index is 12.0. The average Bonchev–Trinajstić information content (AvgIpc) is 2.39. The highest BCUT2D eigenvalue weighted by Gasteiger charge is 2.53. The molecule has 2 rings (SSSR count). The molecule has 16 heavy (non-hydrogen) atoms. The molecule has 0 aromatic carbocycles. The molecule has 2 fully saturated rings. The first kappa shape index (κ1) is 11.7. The Balaban J connectivity index is 2.05. The van der Waals surface area contributed by atoms with Gasteiger partial charge in [0.1, 0.15) is 5.60 Å². The molecule has 0 bridgehead atoms. The van der Waals surface area contributed by atoms with Crippen molar-refractivity contribution in [3.63, 3.8) is 0 Å². The lowest BCUT2D eigenvalue weighted by Gasteiger charge is -2.44. The van der Waals surface area contributed by atoms with Crippen LogP contribution in [0.25, 0.3) is 0 Å². The summed E-state index contributed by atoms with van der Waals surface area (Å²) in [6, 6.07) is 0. The second-order valence-electron chi connectivity index (χ2n) is 5.67. The number of β-amino-alcohol motifs (C(OH)–C–C–N with tert-alkyl or cyclic N) is 1. The maximum atomic E-state index is 12.0. The van der Waals surface area contributed by atoms with E-state index in [4.69, 9.17) is 9.47 Å². The fraction of sp³-hybridized carbons (Fsp3) is 0.909. The van der Waals surface area contributed by atoms with Crippen LogP contribution in [0.15, 0.2) is 0 Å². The topological polar surface area (TPSA) is 59.0 Å². The zero-order valence-corrected chi connectivity index (χ0v) is 10.0. The third kappa shape index (κ3) is 2.01. The molecule has 1 spiro atoms. The average molecular weight is 229 g/mol. The summed E-state index contributed by atoms with van der Waals surface area (Å²) in [6.07, 6.45) is -0.226. The number of carbonyl (C=O) groups excluding carboxylic acids is 1. The molecule has 0 unspecified atom stereocenters. The smallest absolute Gasteiger partial charge is 0.411 e. The van der Waals surface area contributed by atoms with Gasteiger partial charge in [-0.05, 0) is 20.8 Å². The van der Waals surface area contributed by atoms with Crippen LogP contribution in [0, 0.1) is 0 Å². The van der Waals surface area contributed by atoms with Crippen LogP contribution in [-0.2, 0) is 9.47 Å². The summed E-state index contributed by atoms with van der Waals surface area (Å²) >= 11 is 0. The van der Waals surface area contributed by atoms with Crippen molar-refractivity contribution < 1.29 is 19.4 Å². The van der Waals surface area contributed by atoms with Gasteiger partial charge in [0.15, 0.2) is 0 Å². The van der Waals surface area contributed by atoms with Crippen LogP contribution in [0.2, 0.25) is 0 Å². The predicted octanol–water partition coefficient (Wildman–Crippen LogP) is 0.757. The third-order valence-corrected chi connectivity index (χ3v) is 2.94. The van der Waals surface area contributed by atoms with Crippen molar-refractivity contribution in [2.24, 2.45) is 0 Å². The Kier molecular flexibility index (Phi) is 2.62. The number of aliphatic hydroxyl groups is 1. The Hall–Kier alpha value is -0.810. The van der Waals surface area contributed by atoms with E-state index in [1.54, 1.807) is 4.90 Å². The molecule has 2 heterocycles. The first-order valence-corrected chi connectivity index (χ1v) is 5.59. The normalized spacial score (nSPS) is 28.0. The molecule has 2 aliphatic heterocycles. The second kappa shape index (κ2) is 3.60. The number of ether oxygens (including phenoxy) is 2. The standard InChI is InChI=1S/C11H19NO4/c1-10(2,3)16-9(14)12-5-8(13)4-11(12)6-15-7-11/h8,13H,4-7H2,1-3H3/t8-/m0/s1. The van der Waals surface area contributed by atoms with Crippen molar-refractivity contribution >= 4 is 6.09 Å². The minimum Gasteiger partial charge on any atom is -0.444 e. The molecule has 0 radical (unpaired) electrons. The van der Waals surface area contributed by atoms with E-state index < -0.39 is 11.7 Å². The van der Waals surface area contributed by atoms with Gasteiger partial charge in [-0.15, -0.1) is 0 Å². The second-order valence-corrected chi connectivity index (χ2v) is 5.67. The highest BCUT2D eigenvalue weighted by Crippen LogP contribution is 2.36. The number of nitrogens with zero attached hydrogens (tertiary/aromatic N) is 1. The van der Waals surface area contributed by atoms with Crippen LogP contribution in [-0.4, -0.2) is 53.1 Å². The fourth-order valence-corrected chi connectivity index (χ4v) is 2.21. The quantitative estimate of drug-likeness (QED) is 0.666. The van der Waals surface area contributed by atoms with Crippen LogP contribution in [0.4, 0.5) is 4.79 Å². The van der Waals surface area contributed by atoms with E-state index in [9.17, 15) is 9.90 Å². The predicted molar refractivity (Wildman–Crippen MR) is 57.1 cm³/mol. The molecule has 1 amide bonds. The summed E-state index contributed by atoms with van der Waals surface area (Å²) in [7, 11) is 0. The van der Waals surface area contributed by atoms with E-state index in [0.29, 0.717) is 26.2 Å². The highest BCUT2D eigenvalue weighted by molar-refractivity contribution is 5.70. The monoisotopic (exact) mass is 229 g/mol. The van der Waals surface area contributed by atoms with Crippen molar-refractivity contribution in [2.45, 2.75) is 44.4 Å². The Labute approximate surface area is 95.3 Å². The van der Waals surface area contributed by atoms with Gasteiger partial charge in [0, 0.05) is 6.42 Å². The lowest BCUT2D eigenvalue weighted by molar-refractivity contribution is -0.121. The summed E-state index contributed by atoms with van der Waals surface area (Å²) in [6.45, 7) is 6.86. The molecule has 2 aliphatic rings. The number of aliphatic hydroxyl groups excluding tert-OH is 1. The van der Waals surface area contributed by atoms with Gasteiger partial charge in [0.25, 0.3) is 0 Å². The highest BCUT2D eigenvalue weighted by atomic mass is 16.6. The van der Waals surface area contributed by atoms with Crippen molar-refractivity contribution in [3.8, 4) is 0 Å². The zero-order valence-electron chi connectivity index (χ0n) is 10.0. The zero-order chi connectivity index (χ0) is 12.0. The molecule has 1 N–H and O–H groups in total. The SMILES string of the molecule is CC(C)(C)OC(=O)N1C[C@@H](O)CC12COC2. The Bertz CT molecular complexity index is 293. The van der Waals surface area contributed by atoms with Crippen molar-refractivity contribution in [3.05, 3.63) is 0 Å². The molecule has 0 aromatic heterocycles. The van der Waals surface area contributed by atoms with E-state index in [2.05, 4.69) is 0 Å². The summed E-state index contributed by atoms with van der Waals surface area (Å²) in [5, 5.41) is 9.64. The summed E-state index contributed by atoms with van der Waals surface area (Å²) in [5.74, 6) is 0. The van der Waals surface area contributed by atoms with Gasteiger partial charge < -0.3 is 14.6 Å². The van der Waals surface area contributed by atoms with Gasteiger partial charge in [-0.25, -0.2) is 4.79 Å². The largest absolute Gasteiger partial charge is 0.444 e. The molecule has 0 saturated carbocycles. The molecular weight excluding hydrogens is 210 g/mol. The van der Waals surface area contributed by atoms with E-state index in [1.165, 1.54) is 0 Å². The van der Waals surface area contributed by atoms with Gasteiger partial charge in [-0.2, -0.15) is 0 Å². The van der Waals surface area contributed by atoms with Crippen LogP contribution >= 0.6 is 0 Å². The first-order valence-electron chi connectivity index (χ1n) is 5.59. The van der Waals surface area contributed by atoms with Gasteiger partial charge in [-0.1, -0.05) is 0 Å². The van der Waals surface area contributed by atoms with Crippen molar-refractivity contribution in [2.75, 3.05) is 19.8 Å². The lowest BCUT2D eigenvalue weighted by atomic mass is 9.94. The Morgan fingerprint density at radius 1 is 1.50 bits per heavy atom. The van der Waals surface area contributed by atoms with Crippen LogP contribution in [0.3, 0.4) is 0 Å². The fourth-order valence-electron chi connectivity index (χ4n) is 2.21. The van der Waals surface area contributed by atoms with E-state index in [-0.39, 0.29) is 11.6 Å². The number of rotatable bonds is 0. The van der Waals surface area contributed by atoms with Gasteiger partial charge in [0.05, 0.1) is 31.4 Å². The van der Waals surface area contributed by atoms with E-state index in [0.717, 1.165) is 0 Å². The van der Waals surface area contributed by atoms with Crippen LogP contribution < -0.4 is 0 Å². The number of likely N-dealkylation sites (tertiary alicyclic amines) is 1. The van der Waals surface area contributed by atoms with Crippen LogP contribution in [0.1, 0.15) is 27.2 Å². The van der Waals surface area contributed by atoms with E-state index in [1.807, 2.05) is 20.8 Å². The first-order chi connectivity index (χ1) is 7.32.